The molecule has 30 heavy (non-hydrogen) atoms. The van der Waals surface area contributed by atoms with Gasteiger partial charge in [-0.2, -0.15) is 0 Å². The quantitative estimate of drug-likeness (QED) is 0.624. The molecule has 0 bridgehead atoms. The highest BCUT2D eigenvalue weighted by atomic mass is 16.6. The van der Waals surface area contributed by atoms with Crippen molar-refractivity contribution in [3.8, 4) is 0 Å². The first-order valence-electron chi connectivity index (χ1n) is 11.0. The van der Waals surface area contributed by atoms with Crippen LogP contribution in [0.5, 0.6) is 0 Å². The van der Waals surface area contributed by atoms with Gasteiger partial charge < -0.3 is 20.3 Å². The van der Waals surface area contributed by atoms with Crippen molar-refractivity contribution in [3.05, 3.63) is 0 Å². The molecule has 3 atom stereocenters. The van der Waals surface area contributed by atoms with Crippen molar-refractivity contribution >= 4 is 23.7 Å². The number of alkyl carbamates (subject to hydrolysis) is 1. The summed E-state index contributed by atoms with van der Waals surface area (Å²) in [6, 6.07) is -1.96. The largest absolute Gasteiger partial charge is 0.447 e. The number of nitrogens with one attached hydrogen (secondary N) is 2. The minimum absolute atomic E-state index is 0.0585. The summed E-state index contributed by atoms with van der Waals surface area (Å²) in [5.41, 5.74) is -0.565. The first-order chi connectivity index (χ1) is 13.9. The normalized spacial score (nSPS) is 21.2. The molecular formula is C22H37N3O5. The first-order valence-corrected chi connectivity index (χ1v) is 11.0. The number of carbonyl (C=O) groups is 4. The van der Waals surface area contributed by atoms with E-state index >= 15 is 0 Å². The fraction of sp³-hybridized carbons (Fsp3) is 0.818. The predicted molar refractivity (Wildman–Crippen MR) is 113 cm³/mol. The second-order valence-corrected chi connectivity index (χ2v) is 9.94. The first kappa shape index (κ1) is 24.2. The minimum atomic E-state index is -0.827. The van der Waals surface area contributed by atoms with Gasteiger partial charge in [-0.05, 0) is 51.4 Å². The maximum absolute atomic E-state index is 13.3. The van der Waals surface area contributed by atoms with Crippen molar-refractivity contribution < 1.29 is 23.9 Å². The van der Waals surface area contributed by atoms with E-state index in [0.29, 0.717) is 31.7 Å². The highest BCUT2D eigenvalue weighted by Crippen LogP contribution is 2.34. The van der Waals surface area contributed by atoms with Gasteiger partial charge >= 0.3 is 6.09 Å². The van der Waals surface area contributed by atoms with Crippen LogP contribution < -0.4 is 10.6 Å². The smallest absolute Gasteiger partial charge is 0.408 e. The number of Topliss-reactive ketones (excluding diaryl/α,β-unsaturated/α-hetero) is 1. The van der Waals surface area contributed by atoms with E-state index in [0.717, 1.165) is 12.8 Å². The molecule has 0 aromatic carbocycles. The van der Waals surface area contributed by atoms with E-state index in [2.05, 4.69) is 10.6 Å². The molecule has 1 aliphatic carbocycles. The molecule has 1 heterocycles. The lowest BCUT2D eigenvalue weighted by atomic mass is 9.85. The lowest BCUT2D eigenvalue weighted by Gasteiger charge is -2.35. The second-order valence-electron chi connectivity index (χ2n) is 9.94. The van der Waals surface area contributed by atoms with Crippen molar-refractivity contribution in [3.63, 3.8) is 0 Å². The van der Waals surface area contributed by atoms with Gasteiger partial charge in [0.25, 0.3) is 0 Å². The topological polar surface area (TPSA) is 105 Å². The number of ether oxygens (including phenoxy) is 1. The van der Waals surface area contributed by atoms with Crippen molar-refractivity contribution in [2.24, 2.45) is 11.3 Å². The molecule has 170 valence electrons. The molecule has 2 rings (SSSR count). The molecule has 2 aliphatic rings. The average molecular weight is 424 g/mol. The van der Waals surface area contributed by atoms with E-state index in [1.807, 2.05) is 20.8 Å². The fourth-order valence-electron chi connectivity index (χ4n) is 3.76. The lowest BCUT2D eigenvalue weighted by Crippen LogP contribution is -2.58. The molecular weight excluding hydrogens is 386 g/mol. The van der Waals surface area contributed by atoms with Crippen LogP contribution in [0.25, 0.3) is 0 Å². The lowest BCUT2D eigenvalue weighted by molar-refractivity contribution is -0.142. The number of carbonyl (C=O) groups excluding carboxylic acids is 4. The minimum Gasteiger partial charge on any atom is -0.447 e. The van der Waals surface area contributed by atoms with Gasteiger partial charge in [0.2, 0.25) is 11.8 Å². The summed E-state index contributed by atoms with van der Waals surface area (Å²) in [5.74, 6) is -0.153. The van der Waals surface area contributed by atoms with Gasteiger partial charge in [0.05, 0.1) is 12.1 Å². The van der Waals surface area contributed by atoms with E-state index in [1.54, 1.807) is 13.8 Å². The zero-order valence-corrected chi connectivity index (χ0v) is 19.1. The van der Waals surface area contributed by atoms with Crippen LogP contribution in [0.15, 0.2) is 0 Å². The predicted octanol–water partition coefficient (Wildman–Crippen LogP) is 2.40. The van der Waals surface area contributed by atoms with Gasteiger partial charge in [-0.1, -0.05) is 33.6 Å². The second kappa shape index (κ2) is 9.79. The maximum Gasteiger partial charge on any atom is 0.408 e. The number of rotatable bonds is 8. The van der Waals surface area contributed by atoms with Crippen molar-refractivity contribution in [1.29, 1.82) is 0 Å². The Kier molecular flexibility index (Phi) is 7.88. The van der Waals surface area contributed by atoms with E-state index in [4.69, 9.17) is 4.74 Å². The summed E-state index contributed by atoms with van der Waals surface area (Å²) in [7, 11) is 0. The molecule has 1 saturated heterocycles. The Morgan fingerprint density at radius 1 is 1.07 bits per heavy atom. The number of ketones is 1. The summed E-state index contributed by atoms with van der Waals surface area (Å²) in [4.78, 5) is 51.9. The molecule has 1 saturated carbocycles. The Labute approximate surface area is 179 Å². The van der Waals surface area contributed by atoms with Gasteiger partial charge in [-0.25, -0.2) is 4.79 Å². The molecule has 0 spiro atoms. The summed E-state index contributed by atoms with van der Waals surface area (Å²) < 4.78 is 5.15. The summed E-state index contributed by atoms with van der Waals surface area (Å²) in [6.07, 6.45) is 3.14. The van der Waals surface area contributed by atoms with Crippen LogP contribution in [-0.2, 0) is 19.1 Å². The molecule has 2 N–H and O–H groups in total. The van der Waals surface area contributed by atoms with Crippen LogP contribution >= 0.6 is 0 Å². The summed E-state index contributed by atoms with van der Waals surface area (Å²) in [6.45, 7) is 11.0. The Bertz CT molecular complexity index is 666. The Morgan fingerprint density at radius 3 is 2.20 bits per heavy atom. The molecule has 3 unspecified atom stereocenters. The molecule has 1 aliphatic heterocycles. The van der Waals surface area contributed by atoms with Gasteiger partial charge in [0.1, 0.15) is 12.1 Å². The van der Waals surface area contributed by atoms with Crippen LogP contribution in [0.4, 0.5) is 4.79 Å². The Hall–Kier alpha value is -2.12. The number of hydrogen-bond donors (Lipinski definition) is 2. The Balaban J connectivity index is 2.09. The van der Waals surface area contributed by atoms with Crippen LogP contribution in [0.2, 0.25) is 0 Å². The van der Waals surface area contributed by atoms with E-state index < -0.39 is 29.6 Å². The molecule has 0 aromatic rings. The molecule has 8 heteroatoms. The number of nitrogens with zero attached hydrogens (tertiary/aromatic N) is 1. The van der Waals surface area contributed by atoms with Crippen LogP contribution in [0, 0.1) is 11.3 Å². The van der Waals surface area contributed by atoms with Crippen molar-refractivity contribution in [1.82, 2.24) is 15.5 Å². The SMILES string of the molecule is CC(=O)C(CC1CC1)NC(=O)C1CCCN1C(=O)C(NC(=O)OC(C)C)C(C)(C)C. The van der Waals surface area contributed by atoms with Crippen LogP contribution in [0.1, 0.15) is 73.6 Å². The third-order valence-corrected chi connectivity index (χ3v) is 5.63. The number of amides is 3. The summed E-state index contributed by atoms with van der Waals surface area (Å²) >= 11 is 0. The van der Waals surface area contributed by atoms with Crippen LogP contribution in [-0.4, -0.2) is 59.4 Å². The zero-order chi connectivity index (χ0) is 22.6. The Morgan fingerprint density at radius 2 is 1.70 bits per heavy atom. The highest BCUT2D eigenvalue weighted by Gasteiger charge is 2.42. The third-order valence-electron chi connectivity index (χ3n) is 5.63. The maximum atomic E-state index is 13.3. The van der Waals surface area contributed by atoms with Gasteiger partial charge in [-0.15, -0.1) is 0 Å². The van der Waals surface area contributed by atoms with Crippen molar-refractivity contribution in [2.75, 3.05) is 6.54 Å². The molecule has 0 aromatic heterocycles. The summed E-state index contributed by atoms with van der Waals surface area (Å²) in [5, 5.41) is 5.54. The standard InChI is InChI=1S/C22H37N3O5/c1-13(2)30-21(29)24-18(22(4,5)6)20(28)25-11-7-8-17(25)19(27)23-16(14(3)26)12-15-9-10-15/h13,15-18H,7-12H2,1-6H3,(H,23,27)(H,24,29). The molecule has 8 nitrogen and oxygen atoms in total. The molecule has 2 fully saturated rings. The molecule has 0 radical (unpaired) electrons. The molecule has 3 amide bonds. The third kappa shape index (κ3) is 6.71. The number of likely N-dealkylation sites (tertiary alicyclic amines) is 1. The number of hydrogen-bond acceptors (Lipinski definition) is 5. The fourth-order valence-corrected chi connectivity index (χ4v) is 3.76. The van der Waals surface area contributed by atoms with Crippen molar-refractivity contribution in [2.45, 2.75) is 97.9 Å². The highest BCUT2D eigenvalue weighted by molar-refractivity contribution is 5.94. The van der Waals surface area contributed by atoms with Gasteiger partial charge in [-0.3, -0.25) is 14.4 Å². The zero-order valence-electron chi connectivity index (χ0n) is 19.1. The van der Waals surface area contributed by atoms with Gasteiger partial charge in [0, 0.05) is 6.54 Å². The van der Waals surface area contributed by atoms with Crippen LogP contribution in [0.3, 0.4) is 0 Å². The monoisotopic (exact) mass is 423 g/mol. The van der Waals surface area contributed by atoms with E-state index in [-0.39, 0.29) is 23.7 Å². The van der Waals surface area contributed by atoms with E-state index in [1.165, 1.54) is 11.8 Å². The average Bonchev–Trinajstić information content (AvgIpc) is 3.28. The van der Waals surface area contributed by atoms with E-state index in [9.17, 15) is 19.2 Å². The van der Waals surface area contributed by atoms with Gasteiger partial charge in [0.15, 0.2) is 5.78 Å².